The predicted molar refractivity (Wildman–Crippen MR) is 106 cm³/mol. The van der Waals surface area contributed by atoms with Crippen molar-refractivity contribution in [2.45, 2.75) is 32.2 Å². The van der Waals surface area contributed by atoms with E-state index in [0.717, 1.165) is 36.6 Å². The van der Waals surface area contributed by atoms with E-state index in [1.165, 1.54) is 5.56 Å². The van der Waals surface area contributed by atoms with Crippen LogP contribution in [0.5, 0.6) is 11.5 Å². The zero-order valence-electron chi connectivity index (χ0n) is 16.3. The van der Waals surface area contributed by atoms with Gasteiger partial charge in [-0.1, -0.05) is 24.3 Å². The van der Waals surface area contributed by atoms with E-state index in [9.17, 15) is 4.79 Å². The quantitative estimate of drug-likeness (QED) is 0.824. The summed E-state index contributed by atoms with van der Waals surface area (Å²) in [6.45, 7) is 6.10. The SMILES string of the molecule is CCOc1cccc(C(C)NC(=O)N2CCC(c3ccc(OC)cc3)C2)c1. The molecule has 5 nitrogen and oxygen atoms in total. The van der Waals surface area contributed by atoms with E-state index in [1.807, 2.05) is 55.1 Å². The van der Waals surface area contributed by atoms with Crippen LogP contribution in [0.25, 0.3) is 0 Å². The van der Waals surface area contributed by atoms with Crippen molar-refractivity contribution in [3.8, 4) is 11.5 Å². The number of nitrogens with one attached hydrogen (secondary N) is 1. The lowest BCUT2D eigenvalue weighted by atomic mass is 9.98. The monoisotopic (exact) mass is 368 g/mol. The molecule has 1 N–H and O–H groups in total. The maximum Gasteiger partial charge on any atom is 0.317 e. The van der Waals surface area contributed by atoms with Crippen LogP contribution in [-0.2, 0) is 0 Å². The lowest BCUT2D eigenvalue weighted by Gasteiger charge is -2.22. The van der Waals surface area contributed by atoms with Crippen LogP contribution in [0, 0.1) is 0 Å². The van der Waals surface area contributed by atoms with E-state index in [2.05, 4.69) is 17.4 Å². The molecule has 2 atom stereocenters. The Morgan fingerprint density at radius 2 is 2.00 bits per heavy atom. The van der Waals surface area contributed by atoms with Gasteiger partial charge in [0.05, 0.1) is 19.8 Å². The van der Waals surface area contributed by atoms with Crippen LogP contribution in [0.1, 0.15) is 43.4 Å². The molecule has 1 fully saturated rings. The van der Waals surface area contributed by atoms with E-state index in [-0.39, 0.29) is 12.1 Å². The number of methoxy groups -OCH3 is 1. The highest BCUT2D eigenvalue weighted by Gasteiger charge is 2.28. The first-order valence-corrected chi connectivity index (χ1v) is 9.53. The fourth-order valence-corrected chi connectivity index (χ4v) is 3.49. The molecule has 1 aliphatic rings. The van der Waals surface area contributed by atoms with Crippen molar-refractivity contribution in [1.29, 1.82) is 0 Å². The first-order valence-electron chi connectivity index (χ1n) is 9.53. The topological polar surface area (TPSA) is 50.8 Å². The Morgan fingerprint density at radius 3 is 2.70 bits per heavy atom. The van der Waals surface area contributed by atoms with E-state index >= 15 is 0 Å². The van der Waals surface area contributed by atoms with E-state index in [4.69, 9.17) is 9.47 Å². The molecule has 1 heterocycles. The fourth-order valence-electron chi connectivity index (χ4n) is 3.49. The van der Waals surface area contributed by atoms with Gasteiger partial charge < -0.3 is 19.7 Å². The Hall–Kier alpha value is -2.69. The van der Waals surface area contributed by atoms with Crippen molar-refractivity contribution in [1.82, 2.24) is 10.2 Å². The van der Waals surface area contributed by atoms with Gasteiger partial charge in [0.15, 0.2) is 0 Å². The summed E-state index contributed by atoms with van der Waals surface area (Å²) in [6, 6.07) is 15.9. The first-order chi connectivity index (χ1) is 13.1. The summed E-state index contributed by atoms with van der Waals surface area (Å²) in [5.41, 5.74) is 2.30. The minimum absolute atomic E-state index is 0.0136. The molecule has 2 unspecified atom stereocenters. The molecule has 0 spiro atoms. The van der Waals surface area contributed by atoms with E-state index in [1.54, 1.807) is 7.11 Å². The van der Waals surface area contributed by atoms with Gasteiger partial charge in [0.1, 0.15) is 11.5 Å². The minimum Gasteiger partial charge on any atom is -0.497 e. The third-order valence-corrected chi connectivity index (χ3v) is 5.07. The molecule has 0 aromatic heterocycles. The number of likely N-dealkylation sites (tertiary alicyclic amines) is 1. The molecule has 2 amide bonds. The third kappa shape index (κ3) is 4.73. The Labute approximate surface area is 161 Å². The number of ether oxygens (including phenoxy) is 2. The van der Waals surface area contributed by atoms with Crippen molar-refractivity contribution < 1.29 is 14.3 Å². The molecule has 0 radical (unpaired) electrons. The molecule has 2 aromatic rings. The predicted octanol–water partition coefficient (Wildman–Crippen LogP) is 4.35. The zero-order chi connectivity index (χ0) is 19.2. The molecule has 0 saturated carbocycles. The third-order valence-electron chi connectivity index (χ3n) is 5.07. The van der Waals surface area contributed by atoms with Crippen molar-refractivity contribution in [3.05, 3.63) is 59.7 Å². The van der Waals surface area contributed by atoms with Gasteiger partial charge >= 0.3 is 6.03 Å². The Kier molecular flexibility index (Phi) is 6.22. The summed E-state index contributed by atoms with van der Waals surface area (Å²) in [4.78, 5) is 14.6. The minimum atomic E-state index is -0.0713. The number of rotatable bonds is 6. The van der Waals surface area contributed by atoms with Gasteiger partial charge in [0, 0.05) is 19.0 Å². The number of carbonyl (C=O) groups excluding carboxylic acids is 1. The molecule has 0 bridgehead atoms. The second-order valence-corrected chi connectivity index (χ2v) is 6.88. The van der Waals surface area contributed by atoms with Gasteiger partial charge in [-0.05, 0) is 55.7 Å². The molecule has 0 aliphatic carbocycles. The maximum atomic E-state index is 12.7. The fraction of sp³-hybridized carbons (Fsp3) is 0.409. The van der Waals surface area contributed by atoms with Crippen LogP contribution in [-0.4, -0.2) is 37.7 Å². The lowest BCUT2D eigenvalue weighted by Crippen LogP contribution is -2.39. The van der Waals surface area contributed by atoms with E-state index < -0.39 is 0 Å². The van der Waals surface area contributed by atoms with Crippen LogP contribution in [0.3, 0.4) is 0 Å². The summed E-state index contributed by atoms with van der Waals surface area (Å²) in [7, 11) is 1.67. The Balaban J connectivity index is 1.57. The highest BCUT2D eigenvalue weighted by atomic mass is 16.5. The molecule has 144 valence electrons. The highest BCUT2D eigenvalue weighted by molar-refractivity contribution is 5.75. The molecule has 3 rings (SSSR count). The summed E-state index contributed by atoms with van der Waals surface area (Å²) < 4.78 is 10.8. The van der Waals surface area contributed by atoms with Crippen molar-refractivity contribution in [2.75, 3.05) is 26.8 Å². The van der Waals surface area contributed by atoms with Crippen LogP contribution in [0.2, 0.25) is 0 Å². The normalized spacial score (nSPS) is 17.4. The Bertz CT molecular complexity index is 760. The average Bonchev–Trinajstić information content (AvgIpc) is 3.19. The number of nitrogens with zero attached hydrogens (tertiary/aromatic N) is 1. The highest BCUT2D eigenvalue weighted by Crippen LogP contribution is 2.29. The Morgan fingerprint density at radius 1 is 1.22 bits per heavy atom. The van der Waals surface area contributed by atoms with Crippen molar-refractivity contribution >= 4 is 6.03 Å². The van der Waals surface area contributed by atoms with Gasteiger partial charge in [-0.25, -0.2) is 4.79 Å². The average molecular weight is 368 g/mol. The molecule has 1 aliphatic heterocycles. The number of benzene rings is 2. The number of hydrogen-bond donors (Lipinski definition) is 1. The van der Waals surface area contributed by atoms with Gasteiger partial charge in [-0.2, -0.15) is 0 Å². The lowest BCUT2D eigenvalue weighted by molar-refractivity contribution is 0.205. The van der Waals surface area contributed by atoms with Gasteiger partial charge in [-0.3, -0.25) is 0 Å². The van der Waals surface area contributed by atoms with Crippen LogP contribution in [0.15, 0.2) is 48.5 Å². The smallest absolute Gasteiger partial charge is 0.317 e. The van der Waals surface area contributed by atoms with Crippen LogP contribution < -0.4 is 14.8 Å². The summed E-state index contributed by atoms with van der Waals surface area (Å²) in [5.74, 6) is 2.06. The number of amides is 2. The molecular formula is C22H28N2O3. The van der Waals surface area contributed by atoms with Crippen LogP contribution >= 0.6 is 0 Å². The first kappa shape index (κ1) is 19.1. The van der Waals surface area contributed by atoms with Gasteiger partial charge in [0.25, 0.3) is 0 Å². The number of carbonyl (C=O) groups is 1. The molecular weight excluding hydrogens is 340 g/mol. The van der Waals surface area contributed by atoms with Crippen molar-refractivity contribution in [2.24, 2.45) is 0 Å². The van der Waals surface area contributed by atoms with Gasteiger partial charge in [0.2, 0.25) is 0 Å². The van der Waals surface area contributed by atoms with E-state index in [0.29, 0.717) is 12.5 Å². The largest absolute Gasteiger partial charge is 0.497 e. The maximum absolute atomic E-state index is 12.7. The molecule has 2 aromatic carbocycles. The zero-order valence-corrected chi connectivity index (χ0v) is 16.3. The number of urea groups is 1. The molecule has 27 heavy (non-hydrogen) atoms. The summed E-state index contributed by atoms with van der Waals surface area (Å²) >= 11 is 0. The summed E-state index contributed by atoms with van der Waals surface area (Å²) in [6.07, 6.45) is 0.980. The van der Waals surface area contributed by atoms with Crippen LogP contribution in [0.4, 0.5) is 4.79 Å². The second kappa shape index (κ2) is 8.80. The second-order valence-electron chi connectivity index (χ2n) is 6.88. The standard InChI is InChI=1S/C22H28N2O3/c1-4-27-21-7-5-6-18(14-21)16(2)23-22(25)24-13-12-19(15-24)17-8-10-20(26-3)11-9-17/h5-11,14,16,19H,4,12-13,15H2,1-3H3,(H,23,25). The van der Waals surface area contributed by atoms with Crippen molar-refractivity contribution in [3.63, 3.8) is 0 Å². The number of hydrogen-bond acceptors (Lipinski definition) is 3. The summed E-state index contributed by atoms with van der Waals surface area (Å²) in [5, 5.41) is 3.11. The molecule has 1 saturated heterocycles. The molecule has 5 heteroatoms. The van der Waals surface area contributed by atoms with Gasteiger partial charge in [-0.15, -0.1) is 0 Å².